The molecule has 0 spiro atoms. The van der Waals surface area contributed by atoms with Gasteiger partial charge >= 0.3 is 5.97 Å². The Morgan fingerprint density at radius 3 is 2.71 bits per heavy atom. The molecule has 0 aliphatic carbocycles. The standard InChI is InChI=1S/C12H13N3O2/c1-8-4-5-10(13-6-8)9-7-14-15(2)11(9)12(16)17-3/h4-7H,1-3H3. The van der Waals surface area contributed by atoms with E-state index in [1.165, 1.54) is 11.8 Å². The van der Waals surface area contributed by atoms with Crippen LogP contribution in [0.2, 0.25) is 0 Å². The fourth-order valence-electron chi connectivity index (χ4n) is 1.59. The Kier molecular flexibility index (Phi) is 2.91. The molecule has 0 bridgehead atoms. The van der Waals surface area contributed by atoms with Gasteiger partial charge in [-0.25, -0.2) is 4.79 Å². The number of methoxy groups -OCH3 is 1. The molecule has 0 saturated carbocycles. The zero-order chi connectivity index (χ0) is 12.4. The molecule has 0 N–H and O–H groups in total. The van der Waals surface area contributed by atoms with E-state index in [1.807, 2.05) is 19.1 Å². The Bertz CT molecular complexity index is 543. The SMILES string of the molecule is COC(=O)c1c(-c2ccc(C)cn2)cnn1C. The lowest BCUT2D eigenvalue weighted by Gasteiger charge is -2.03. The van der Waals surface area contributed by atoms with Crippen LogP contribution in [0.1, 0.15) is 16.1 Å². The summed E-state index contributed by atoms with van der Waals surface area (Å²) in [5.74, 6) is -0.414. The molecule has 0 unspecified atom stereocenters. The summed E-state index contributed by atoms with van der Waals surface area (Å²) in [6, 6.07) is 3.80. The van der Waals surface area contributed by atoms with Gasteiger partial charge in [-0.3, -0.25) is 9.67 Å². The number of esters is 1. The van der Waals surface area contributed by atoms with Crippen LogP contribution in [0.5, 0.6) is 0 Å². The molecule has 17 heavy (non-hydrogen) atoms. The minimum absolute atomic E-state index is 0.406. The molecule has 0 saturated heterocycles. The third kappa shape index (κ3) is 2.04. The van der Waals surface area contributed by atoms with Crippen molar-refractivity contribution in [1.29, 1.82) is 0 Å². The van der Waals surface area contributed by atoms with E-state index in [0.717, 1.165) is 5.56 Å². The molecule has 2 aromatic heterocycles. The molecule has 5 heteroatoms. The summed E-state index contributed by atoms with van der Waals surface area (Å²) in [4.78, 5) is 15.9. The molecule has 88 valence electrons. The minimum Gasteiger partial charge on any atom is -0.464 e. The number of hydrogen-bond donors (Lipinski definition) is 0. The summed E-state index contributed by atoms with van der Waals surface area (Å²) >= 11 is 0. The van der Waals surface area contributed by atoms with Crippen molar-refractivity contribution in [3.05, 3.63) is 35.8 Å². The molecular weight excluding hydrogens is 218 g/mol. The zero-order valence-electron chi connectivity index (χ0n) is 9.97. The van der Waals surface area contributed by atoms with E-state index >= 15 is 0 Å². The van der Waals surface area contributed by atoms with Crippen LogP contribution in [0.25, 0.3) is 11.3 Å². The van der Waals surface area contributed by atoms with Crippen LogP contribution < -0.4 is 0 Å². The van der Waals surface area contributed by atoms with Gasteiger partial charge in [0.05, 0.1) is 24.6 Å². The highest BCUT2D eigenvalue weighted by molar-refractivity contribution is 5.94. The smallest absolute Gasteiger partial charge is 0.357 e. The average molecular weight is 231 g/mol. The van der Waals surface area contributed by atoms with E-state index in [-0.39, 0.29) is 0 Å². The lowest BCUT2D eigenvalue weighted by Crippen LogP contribution is -2.09. The largest absolute Gasteiger partial charge is 0.464 e. The van der Waals surface area contributed by atoms with Crippen LogP contribution in [0.4, 0.5) is 0 Å². The zero-order valence-corrected chi connectivity index (χ0v) is 9.97. The van der Waals surface area contributed by atoms with Crippen molar-refractivity contribution in [3.63, 3.8) is 0 Å². The third-order valence-corrected chi connectivity index (χ3v) is 2.50. The fourth-order valence-corrected chi connectivity index (χ4v) is 1.59. The topological polar surface area (TPSA) is 57.0 Å². The van der Waals surface area contributed by atoms with Gasteiger partial charge in [0.25, 0.3) is 0 Å². The Morgan fingerprint density at radius 1 is 1.35 bits per heavy atom. The van der Waals surface area contributed by atoms with Gasteiger partial charge in [0.15, 0.2) is 5.69 Å². The minimum atomic E-state index is -0.414. The molecule has 0 aliphatic heterocycles. The number of aryl methyl sites for hydroxylation is 2. The lowest BCUT2D eigenvalue weighted by atomic mass is 10.1. The number of aromatic nitrogens is 3. The van der Waals surface area contributed by atoms with Crippen LogP contribution in [0, 0.1) is 6.92 Å². The summed E-state index contributed by atoms with van der Waals surface area (Å²) in [6.07, 6.45) is 3.37. The molecule has 0 fully saturated rings. The van der Waals surface area contributed by atoms with Gasteiger partial charge < -0.3 is 4.74 Å². The van der Waals surface area contributed by atoms with Crippen molar-refractivity contribution in [2.75, 3.05) is 7.11 Å². The summed E-state index contributed by atoms with van der Waals surface area (Å²) in [5, 5.41) is 4.06. The maximum Gasteiger partial charge on any atom is 0.357 e. The van der Waals surface area contributed by atoms with Gasteiger partial charge in [-0.05, 0) is 18.6 Å². The molecule has 2 aromatic rings. The highest BCUT2D eigenvalue weighted by Gasteiger charge is 2.19. The number of rotatable bonds is 2. The Morgan fingerprint density at radius 2 is 2.12 bits per heavy atom. The first kappa shape index (κ1) is 11.3. The second-order valence-electron chi connectivity index (χ2n) is 3.74. The summed E-state index contributed by atoms with van der Waals surface area (Å²) < 4.78 is 6.22. The van der Waals surface area contributed by atoms with Crippen LogP contribution >= 0.6 is 0 Å². The monoisotopic (exact) mass is 231 g/mol. The van der Waals surface area contributed by atoms with E-state index in [2.05, 4.69) is 10.1 Å². The molecular formula is C12H13N3O2. The summed E-state index contributed by atoms with van der Waals surface area (Å²) in [7, 11) is 3.05. The Balaban J connectivity index is 2.52. The summed E-state index contributed by atoms with van der Waals surface area (Å²) in [6.45, 7) is 1.96. The van der Waals surface area contributed by atoms with Crippen molar-refractivity contribution in [2.45, 2.75) is 6.92 Å². The first-order valence-corrected chi connectivity index (χ1v) is 5.17. The number of pyridine rings is 1. The normalized spacial score (nSPS) is 10.3. The molecule has 2 rings (SSSR count). The lowest BCUT2D eigenvalue weighted by molar-refractivity contribution is 0.0589. The van der Waals surface area contributed by atoms with Gasteiger partial charge in [-0.1, -0.05) is 6.07 Å². The van der Waals surface area contributed by atoms with Crippen molar-refractivity contribution in [1.82, 2.24) is 14.8 Å². The predicted molar refractivity (Wildman–Crippen MR) is 62.5 cm³/mol. The van der Waals surface area contributed by atoms with Gasteiger partial charge in [-0.2, -0.15) is 5.10 Å². The van der Waals surface area contributed by atoms with Crippen LogP contribution in [0.3, 0.4) is 0 Å². The molecule has 0 aromatic carbocycles. The summed E-state index contributed by atoms with van der Waals surface area (Å²) in [5.41, 5.74) is 2.87. The fraction of sp³-hybridized carbons (Fsp3) is 0.250. The van der Waals surface area contributed by atoms with Crippen molar-refractivity contribution < 1.29 is 9.53 Å². The van der Waals surface area contributed by atoms with E-state index < -0.39 is 5.97 Å². The molecule has 0 amide bonds. The molecule has 0 aliphatic rings. The second kappa shape index (κ2) is 4.37. The highest BCUT2D eigenvalue weighted by Crippen LogP contribution is 2.21. The third-order valence-electron chi connectivity index (χ3n) is 2.50. The van der Waals surface area contributed by atoms with Crippen molar-refractivity contribution in [2.24, 2.45) is 7.05 Å². The van der Waals surface area contributed by atoms with Gasteiger partial charge in [0.2, 0.25) is 0 Å². The number of carbonyl (C=O) groups is 1. The van der Waals surface area contributed by atoms with E-state index in [9.17, 15) is 4.79 Å². The molecule has 0 radical (unpaired) electrons. The van der Waals surface area contributed by atoms with Crippen LogP contribution in [0.15, 0.2) is 24.5 Å². The second-order valence-corrected chi connectivity index (χ2v) is 3.74. The van der Waals surface area contributed by atoms with Gasteiger partial charge in [0.1, 0.15) is 0 Å². The van der Waals surface area contributed by atoms with Crippen molar-refractivity contribution in [3.8, 4) is 11.3 Å². The maximum atomic E-state index is 11.6. The molecule has 2 heterocycles. The average Bonchev–Trinajstić information content (AvgIpc) is 2.71. The quantitative estimate of drug-likeness (QED) is 0.736. The number of nitrogens with zero attached hydrogens (tertiary/aromatic N) is 3. The van der Waals surface area contributed by atoms with E-state index in [4.69, 9.17) is 4.74 Å². The first-order chi connectivity index (χ1) is 8.13. The Labute approximate surface area is 99.1 Å². The van der Waals surface area contributed by atoms with Gasteiger partial charge in [0, 0.05) is 13.2 Å². The Hall–Kier alpha value is -2.17. The number of ether oxygens (including phenoxy) is 1. The van der Waals surface area contributed by atoms with Crippen LogP contribution in [-0.4, -0.2) is 27.8 Å². The van der Waals surface area contributed by atoms with E-state index in [1.54, 1.807) is 19.4 Å². The molecule has 5 nitrogen and oxygen atoms in total. The molecule has 0 atom stereocenters. The highest BCUT2D eigenvalue weighted by atomic mass is 16.5. The number of hydrogen-bond acceptors (Lipinski definition) is 4. The van der Waals surface area contributed by atoms with E-state index in [0.29, 0.717) is 17.0 Å². The van der Waals surface area contributed by atoms with Crippen molar-refractivity contribution >= 4 is 5.97 Å². The number of carbonyl (C=O) groups excluding carboxylic acids is 1. The maximum absolute atomic E-state index is 11.6. The van der Waals surface area contributed by atoms with Crippen LogP contribution in [-0.2, 0) is 11.8 Å². The first-order valence-electron chi connectivity index (χ1n) is 5.17. The predicted octanol–water partition coefficient (Wildman–Crippen LogP) is 1.58. The van der Waals surface area contributed by atoms with Gasteiger partial charge in [-0.15, -0.1) is 0 Å².